The first-order valence-electron chi connectivity index (χ1n) is 6.29. The second-order valence-corrected chi connectivity index (χ2v) is 4.85. The third-order valence-corrected chi connectivity index (χ3v) is 2.40. The van der Waals surface area contributed by atoms with E-state index >= 15 is 0 Å². The Bertz CT molecular complexity index is 287. The average molecular weight is 256 g/mol. The predicted molar refractivity (Wildman–Crippen MR) is 69.8 cm³/mol. The fourth-order valence-electron chi connectivity index (χ4n) is 1.59. The summed E-state index contributed by atoms with van der Waals surface area (Å²) in [7, 11) is 0. The molecule has 0 aliphatic rings. The third kappa shape index (κ3) is 9.87. The number of carbonyl (C=O) groups excluding carboxylic acids is 2. The molecule has 0 amide bonds. The van der Waals surface area contributed by atoms with E-state index in [1.54, 1.807) is 0 Å². The van der Waals surface area contributed by atoms with E-state index in [2.05, 4.69) is 26.8 Å². The molecule has 0 saturated heterocycles. The van der Waals surface area contributed by atoms with Crippen LogP contribution in [-0.2, 0) is 19.1 Å². The van der Waals surface area contributed by atoms with Gasteiger partial charge in [-0.1, -0.05) is 18.6 Å². The minimum Gasteiger partial charge on any atom is -0.425 e. The molecular formula is C14H24O4. The quantitative estimate of drug-likeness (QED) is 0.399. The molecule has 1 atom stereocenters. The fourth-order valence-corrected chi connectivity index (χ4v) is 1.59. The van der Waals surface area contributed by atoms with Gasteiger partial charge in [-0.15, -0.1) is 0 Å². The third-order valence-electron chi connectivity index (χ3n) is 2.40. The summed E-state index contributed by atoms with van der Waals surface area (Å²) in [5, 5.41) is 0. The van der Waals surface area contributed by atoms with Gasteiger partial charge in [-0.05, 0) is 32.6 Å². The maximum atomic E-state index is 10.9. The minimum absolute atomic E-state index is 0.323. The van der Waals surface area contributed by atoms with E-state index < -0.39 is 18.2 Å². The molecule has 104 valence electrons. The summed E-state index contributed by atoms with van der Waals surface area (Å²) in [5.41, 5.74) is 1.29. The normalized spacial score (nSPS) is 11.9. The molecule has 0 aromatic heterocycles. The number of hydrogen-bond donors (Lipinski definition) is 0. The molecule has 0 bridgehead atoms. The molecule has 0 aliphatic heterocycles. The maximum Gasteiger partial charge on any atom is 0.305 e. The smallest absolute Gasteiger partial charge is 0.305 e. The molecule has 0 spiro atoms. The number of allylic oxidation sites excluding steroid dienone is 2. The average Bonchev–Trinajstić information content (AvgIpc) is 2.13. The standard InChI is InChI=1S/C14H24O4/c1-10(2)7-6-8-11(3)9-14(17-12(4)15)18-13(5)16/h7,11,14H,6,8-9H2,1-5H3. The lowest BCUT2D eigenvalue weighted by atomic mass is 10.0. The first-order valence-corrected chi connectivity index (χ1v) is 6.29. The van der Waals surface area contributed by atoms with Crippen molar-refractivity contribution in [1.82, 2.24) is 0 Å². The van der Waals surface area contributed by atoms with E-state index in [9.17, 15) is 9.59 Å². The lowest BCUT2D eigenvalue weighted by molar-refractivity contribution is -0.187. The van der Waals surface area contributed by atoms with Crippen LogP contribution in [0.4, 0.5) is 0 Å². The van der Waals surface area contributed by atoms with Crippen LogP contribution in [0.25, 0.3) is 0 Å². The molecule has 0 fully saturated rings. The monoisotopic (exact) mass is 256 g/mol. The highest BCUT2D eigenvalue weighted by Crippen LogP contribution is 2.17. The van der Waals surface area contributed by atoms with Crippen LogP contribution in [0.1, 0.15) is 53.9 Å². The van der Waals surface area contributed by atoms with Crippen LogP contribution in [-0.4, -0.2) is 18.2 Å². The SMILES string of the molecule is CC(=O)OC(CC(C)CCC=C(C)C)OC(C)=O. The zero-order valence-electron chi connectivity index (χ0n) is 12.0. The molecule has 0 aromatic rings. The summed E-state index contributed by atoms with van der Waals surface area (Å²) in [6.07, 6.45) is 3.90. The van der Waals surface area contributed by atoms with Gasteiger partial charge in [-0.3, -0.25) is 9.59 Å². The number of ether oxygens (including phenoxy) is 2. The van der Waals surface area contributed by atoms with Crippen molar-refractivity contribution in [3.8, 4) is 0 Å². The van der Waals surface area contributed by atoms with Gasteiger partial charge in [0.15, 0.2) is 0 Å². The van der Waals surface area contributed by atoms with E-state index in [4.69, 9.17) is 9.47 Å². The molecule has 0 radical (unpaired) electrons. The van der Waals surface area contributed by atoms with Crippen LogP contribution in [0.3, 0.4) is 0 Å². The van der Waals surface area contributed by atoms with E-state index in [0.29, 0.717) is 12.3 Å². The van der Waals surface area contributed by atoms with E-state index in [1.165, 1.54) is 19.4 Å². The molecule has 4 nitrogen and oxygen atoms in total. The van der Waals surface area contributed by atoms with Crippen LogP contribution in [0.5, 0.6) is 0 Å². The maximum absolute atomic E-state index is 10.9. The lowest BCUT2D eigenvalue weighted by Crippen LogP contribution is -2.24. The van der Waals surface area contributed by atoms with Gasteiger partial charge < -0.3 is 9.47 Å². The molecule has 1 unspecified atom stereocenters. The summed E-state index contributed by atoms with van der Waals surface area (Å²) in [4.78, 5) is 21.8. The van der Waals surface area contributed by atoms with Crippen molar-refractivity contribution in [1.29, 1.82) is 0 Å². The zero-order chi connectivity index (χ0) is 14.1. The number of rotatable bonds is 7. The molecule has 18 heavy (non-hydrogen) atoms. The highest BCUT2D eigenvalue weighted by Gasteiger charge is 2.18. The van der Waals surface area contributed by atoms with Crippen molar-refractivity contribution < 1.29 is 19.1 Å². The summed E-state index contributed by atoms with van der Waals surface area (Å²) >= 11 is 0. The van der Waals surface area contributed by atoms with Gasteiger partial charge in [0.25, 0.3) is 0 Å². The second kappa shape index (κ2) is 8.72. The van der Waals surface area contributed by atoms with Crippen molar-refractivity contribution in [3.63, 3.8) is 0 Å². The van der Waals surface area contributed by atoms with Gasteiger partial charge >= 0.3 is 11.9 Å². The topological polar surface area (TPSA) is 52.6 Å². The summed E-state index contributed by atoms with van der Waals surface area (Å²) < 4.78 is 9.92. The Labute approximate surface area is 109 Å². The van der Waals surface area contributed by atoms with Crippen molar-refractivity contribution in [2.24, 2.45) is 5.92 Å². The minimum atomic E-state index is -0.762. The summed E-state index contributed by atoms with van der Waals surface area (Å²) in [6.45, 7) is 8.80. The van der Waals surface area contributed by atoms with Gasteiger partial charge in [0.1, 0.15) is 0 Å². The molecule has 0 aromatic carbocycles. The predicted octanol–water partition coefficient (Wildman–Crippen LogP) is 3.21. The Morgan fingerprint density at radius 3 is 1.94 bits per heavy atom. The molecule has 0 rings (SSSR count). The first kappa shape index (κ1) is 16.7. The van der Waals surface area contributed by atoms with Crippen LogP contribution < -0.4 is 0 Å². The van der Waals surface area contributed by atoms with Crippen LogP contribution in [0.15, 0.2) is 11.6 Å². The van der Waals surface area contributed by atoms with Gasteiger partial charge in [-0.25, -0.2) is 0 Å². The Kier molecular flexibility index (Phi) is 8.08. The summed E-state index contributed by atoms with van der Waals surface area (Å²) in [5.74, 6) is -0.542. The van der Waals surface area contributed by atoms with E-state index in [-0.39, 0.29) is 0 Å². The first-order chi connectivity index (χ1) is 8.31. The fraction of sp³-hybridized carbons (Fsp3) is 0.714. The largest absolute Gasteiger partial charge is 0.425 e. The van der Waals surface area contributed by atoms with Crippen molar-refractivity contribution >= 4 is 11.9 Å². The number of carbonyl (C=O) groups is 2. The number of esters is 2. The van der Waals surface area contributed by atoms with Crippen LogP contribution in [0.2, 0.25) is 0 Å². The summed E-state index contributed by atoms with van der Waals surface area (Å²) in [6, 6.07) is 0. The van der Waals surface area contributed by atoms with E-state index in [0.717, 1.165) is 12.8 Å². The number of hydrogen-bond acceptors (Lipinski definition) is 4. The highest BCUT2D eigenvalue weighted by atomic mass is 16.7. The molecule has 0 N–H and O–H groups in total. The molecule has 0 saturated carbocycles. The zero-order valence-corrected chi connectivity index (χ0v) is 12.0. The van der Waals surface area contributed by atoms with Gasteiger partial charge in [0, 0.05) is 20.3 Å². The highest BCUT2D eigenvalue weighted by molar-refractivity contribution is 5.68. The molecule has 0 aliphatic carbocycles. The van der Waals surface area contributed by atoms with Gasteiger partial charge in [0.2, 0.25) is 6.29 Å². The van der Waals surface area contributed by atoms with Crippen LogP contribution in [0, 0.1) is 5.92 Å². The molecular weight excluding hydrogens is 232 g/mol. The Hall–Kier alpha value is -1.32. The Morgan fingerprint density at radius 1 is 1.06 bits per heavy atom. The lowest BCUT2D eigenvalue weighted by Gasteiger charge is -2.20. The van der Waals surface area contributed by atoms with E-state index in [1.807, 2.05) is 0 Å². The van der Waals surface area contributed by atoms with Crippen molar-refractivity contribution in [2.45, 2.75) is 60.2 Å². The Morgan fingerprint density at radius 2 is 1.56 bits per heavy atom. The van der Waals surface area contributed by atoms with Crippen molar-refractivity contribution in [3.05, 3.63) is 11.6 Å². The Balaban J connectivity index is 4.16. The molecule has 4 heteroatoms. The van der Waals surface area contributed by atoms with Gasteiger partial charge in [0.05, 0.1) is 0 Å². The van der Waals surface area contributed by atoms with Crippen molar-refractivity contribution in [2.75, 3.05) is 0 Å². The molecule has 0 heterocycles. The van der Waals surface area contributed by atoms with Gasteiger partial charge in [-0.2, -0.15) is 0 Å². The van der Waals surface area contributed by atoms with Crippen LogP contribution >= 0.6 is 0 Å². The second-order valence-electron chi connectivity index (χ2n) is 4.85.